The molecule has 88 valence electrons. The first-order chi connectivity index (χ1) is 6.87. The van der Waals surface area contributed by atoms with Crippen molar-refractivity contribution in [3.63, 3.8) is 0 Å². The molecule has 0 bridgehead atoms. The van der Waals surface area contributed by atoms with Crippen LogP contribution in [0, 0.1) is 0 Å². The standard InChI is InChI=1S/C10H20N2O2S/c1-10(2,14-3)7-9(13)12-6-4-5-8(11)15/h4-7H2,1-3H3,(H2,11,15)(H,12,13). The van der Waals surface area contributed by atoms with Gasteiger partial charge in [-0.05, 0) is 26.7 Å². The first-order valence-electron chi connectivity index (χ1n) is 4.97. The lowest BCUT2D eigenvalue weighted by Gasteiger charge is -2.21. The normalized spacial score (nSPS) is 11.1. The van der Waals surface area contributed by atoms with Crippen LogP contribution in [0.15, 0.2) is 0 Å². The van der Waals surface area contributed by atoms with Gasteiger partial charge in [0.2, 0.25) is 5.91 Å². The SMILES string of the molecule is COC(C)(C)CC(=O)NCCCC(N)=S. The molecule has 0 fully saturated rings. The minimum Gasteiger partial charge on any atom is -0.393 e. The van der Waals surface area contributed by atoms with E-state index in [1.54, 1.807) is 7.11 Å². The Kier molecular flexibility index (Phi) is 6.43. The van der Waals surface area contributed by atoms with Crippen LogP contribution in [0.4, 0.5) is 0 Å². The molecule has 0 aliphatic rings. The first-order valence-corrected chi connectivity index (χ1v) is 5.38. The van der Waals surface area contributed by atoms with Gasteiger partial charge in [0.25, 0.3) is 0 Å². The van der Waals surface area contributed by atoms with Crippen LogP contribution in [0.5, 0.6) is 0 Å². The largest absolute Gasteiger partial charge is 0.393 e. The summed E-state index contributed by atoms with van der Waals surface area (Å²) in [6.07, 6.45) is 1.81. The summed E-state index contributed by atoms with van der Waals surface area (Å²) < 4.78 is 5.15. The average molecular weight is 232 g/mol. The predicted molar refractivity (Wildman–Crippen MR) is 64.7 cm³/mol. The van der Waals surface area contributed by atoms with Gasteiger partial charge in [-0.2, -0.15) is 0 Å². The molecule has 5 heteroatoms. The molecule has 0 spiro atoms. The van der Waals surface area contributed by atoms with Crippen LogP contribution >= 0.6 is 12.2 Å². The number of hydrogen-bond donors (Lipinski definition) is 2. The van der Waals surface area contributed by atoms with Gasteiger partial charge in [0.05, 0.1) is 17.0 Å². The second-order valence-electron chi connectivity index (χ2n) is 4.06. The molecule has 0 aromatic rings. The van der Waals surface area contributed by atoms with Crippen LogP contribution < -0.4 is 11.1 Å². The number of carbonyl (C=O) groups excluding carboxylic acids is 1. The lowest BCUT2D eigenvalue weighted by molar-refractivity contribution is -0.126. The Morgan fingerprint density at radius 2 is 2.13 bits per heavy atom. The van der Waals surface area contributed by atoms with E-state index >= 15 is 0 Å². The fourth-order valence-electron chi connectivity index (χ4n) is 1.01. The second kappa shape index (κ2) is 6.74. The second-order valence-corrected chi connectivity index (χ2v) is 4.58. The molecule has 0 heterocycles. The summed E-state index contributed by atoms with van der Waals surface area (Å²) in [6, 6.07) is 0. The number of nitrogens with two attached hydrogens (primary N) is 1. The average Bonchev–Trinajstić information content (AvgIpc) is 2.11. The third-order valence-electron chi connectivity index (χ3n) is 2.06. The van der Waals surface area contributed by atoms with Crippen molar-refractivity contribution in [2.75, 3.05) is 13.7 Å². The number of amides is 1. The summed E-state index contributed by atoms with van der Waals surface area (Å²) in [7, 11) is 1.60. The lowest BCUT2D eigenvalue weighted by Crippen LogP contribution is -2.34. The van der Waals surface area contributed by atoms with Crippen LogP contribution in [0.3, 0.4) is 0 Å². The topological polar surface area (TPSA) is 64.3 Å². The summed E-state index contributed by atoms with van der Waals surface area (Å²) in [5, 5.41) is 2.79. The van der Waals surface area contributed by atoms with Crippen molar-refractivity contribution in [2.45, 2.75) is 38.7 Å². The number of hydrogen-bond acceptors (Lipinski definition) is 3. The number of ether oxygens (including phenoxy) is 1. The van der Waals surface area contributed by atoms with Crippen molar-refractivity contribution >= 4 is 23.1 Å². The van der Waals surface area contributed by atoms with Gasteiger partial charge in [0, 0.05) is 13.7 Å². The van der Waals surface area contributed by atoms with Gasteiger partial charge in [-0.25, -0.2) is 0 Å². The quantitative estimate of drug-likeness (QED) is 0.507. The van der Waals surface area contributed by atoms with Gasteiger partial charge in [0.15, 0.2) is 0 Å². The van der Waals surface area contributed by atoms with Gasteiger partial charge >= 0.3 is 0 Å². The lowest BCUT2D eigenvalue weighted by atomic mass is 10.1. The summed E-state index contributed by atoms with van der Waals surface area (Å²) in [6.45, 7) is 4.36. The fraction of sp³-hybridized carbons (Fsp3) is 0.800. The summed E-state index contributed by atoms with van der Waals surface area (Å²) >= 11 is 4.73. The Morgan fingerprint density at radius 1 is 1.53 bits per heavy atom. The predicted octanol–water partition coefficient (Wildman–Crippen LogP) is 0.984. The Bertz CT molecular complexity index is 229. The van der Waals surface area contributed by atoms with Gasteiger partial charge < -0.3 is 15.8 Å². The molecule has 0 atom stereocenters. The van der Waals surface area contributed by atoms with Crippen molar-refractivity contribution in [3.8, 4) is 0 Å². The van der Waals surface area contributed by atoms with E-state index in [4.69, 9.17) is 22.7 Å². The minimum absolute atomic E-state index is 0.00945. The third kappa shape index (κ3) is 8.32. The van der Waals surface area contributed by atoms with Crippen LogP contribution in [0.25, 0.3) is 0 Å². The molecule has 0 aliphatic heterocycles. The molecule has 0 aliphatic carbocycles. The van der Waals surface area contributed by atoms with Crippen LogP contribution in [0.2, 0.25) is 0 Å². The zero-order valence-electron chi connectivity index (χ0n) is 9.63. The fourth-order valence-corrected chi connectivity index (χ4v) is 1.16. The molecule has 0 rings (SSSR count). The van der Waals surface area contributed by atoms with E-state index in [1.807, 2.05) is 13.8 Å². The maximum Gasteiger partial charge on any atom is 0.222 e. The van der Waals surface area contributed by atoms with Gasteiger partial charge in [-0.15, -0.1) is 0 Å². The molecule has 0 unspecified atom stereocenters. The van der Waals surface area contributed by atoms with Crippen LogP contribution in [-0.4, -0.2) is 30.2 Å². The van der Waals surface area contributed by atoms with Crippen molar-refractivity contribution < 1.29 is 9.53 Å². The number of methoxy groups -OCH3 is 1. The molecule has 1 amide bonds. The number of thiocarbonyl (C=S) groups is 1. The van der Waals surface area contributed by atoms with Crippen LogP contribution in [-0.2, 0) is 9.53 Å². The molecule has 0 radical (unpaired) electrons. The van der Waals surface area contributed by atoms with Crippen molar-refractivity contribution in [3.05, 3.63) is 0 Å². The van der Waals surface area contributed by atoms with E-state index in [1.165, 1.54) is 0 Å². The molecule has 3 N–H and O–H groups in total. The molecule has 4 nitrogen and oxygen atoms in total. The van der Waals surface area contributed by atoms with E-state index in [9.17, 15) is 4.79 Å². The van der Waals surface area contributed by atoms with Crippen LogP contribution in [0.1, 0.15) is 33.1 Å². The Labute approximate surface area is 96.5 Å². The Morgan fingerprint density at radius 3 is 2.60 bits per heavy atom. The van der Waals surface area contributed by atoms with E-state index in [0.29, 0.717) is 24.4 Å². The molecule has 0 saturated carbocycles. The molecule has 15 heavy (non-hydrogen) atoms. The maximum absolute atomic E-state index is 11.4. The molecule has 0 saturated heterocycles. The number of nitrogens with one attached hydrogen (secondary N) is 1. The maximum atomic E-state index is 11.4. The molecular weight excluding hydrogens is 212 g/mol. The van der Waals surface area contributed by atoms with E-state index < -0.39 is 5.60 Å². The molecule has 0 aromatic carbocycles. The van der Waals surface area contributed by atoms with E-state index in [0.717, 1.165) is 6.42 Å². The van der Waals surface area contributed by atoms with E-state index in [2.05, 4.69) is 5.32 Å². The molecule has 0 aromatic heterocycles. The monoisotopic (exact) mass is 232 g/mol. The summed E-state index contributed by atoms with van der Waals surface area (Å²) in [5.74, 6) is -0.00945. The third-order valence-corrected chi connectivity index (χ3v) is 2.27. The summed E-state index contributed by atoms with van der Waals surface area (Å²) in [5.41, 5.74) is 4.92. The minimum atomic E-state index is -0.409. The van der Waals surface area contributed by atoms with Crippen molar-refractivity contribution in [1.82, 2.24) is 5.32 Å². The summed E-state index contributed by atoms with van der Waals surface area (Å²) in [4.78, 5) is 11.9. The van der Waals surface area contributed by atoms with Crippen molar-refractivity contribution in [2.24, 2.45) is 5.73 Å². The Balaban J connectivity index is 3.62. The highest BCUT2D eigenvalue weighted by Gasteiger charge is 2.20. The smallest absolute Gasteiger partial charge is 0.222 e. The zero-order chi connectivity index (χ0) is 11.9. The molecular formula is C10H20N2O2S. The van der Waals surface area contributed by atoms with Crippen molar-refractivity contribution in [1.29, 1.82) is 0 Å². The van der Waals surface area contributed by atoms with Gasteiger partial charge in [-0.3, -0.25) is 4.79 Å². The highest BCUT2D eigenvalue weighted by molar-refractivity contribution is 7.80. The zero-order valence-corrected chi connectivity index (χ0v) is 10.4. The first kappa shape index (κ1) is 14.3. The Hall–Kier alpha value is -0.680. The van der Waals surface area contributed by atoms with Gasteiger partial charge in [0.1, 0.15) is 0 Å². The highest BCUT2D eigenvalue weighted by atomic mass is 32.1. The highest BCUT2D eigenvalue weighted by Crippen LogP contribution is 2.12. The number of carbonyl (C=O) groups is 1. The number of rotatable bonds is 7. The van der Waals surface area contributed by atoms with E-state index in [-0.39, 0.29) is 5.91 Å². The van der Waals surface area contributed by atoms with Gasteiger partial charge in [-0.1, -0.05) is 12.2 Å².